The summed E-state index contributed by atoms with van der Waals surface area (Å²) in [6, 6.07) is 3.56. The summed E-state index contributed by atoms with van der Waals surface area (Å²) in [6.45, 7) is 4.04. The number of rotatable bonds is 4. The highest BCUT2D eigenvalue weighted by Crippen LogP contribution is 2.29. The molecule has 0 unspecified atom stereocenters. The van der Waals surface area contributed by atoms with Crippen molar-refractivity contribution in [3.8, 4) is 5.75 Å². The van der Waals surface area contributed by atoms with E-state index in [1.54, 1.807) is 6.07 Å². The minimum atomic E-state index is -3.69. The van der Waals surface area contributed by atoms with Gasteiger partial charge in [-0.05, 0) is 25.0 Å². The van der Waals surface area contributed by atoms with Crippen LogP contribution in [0, 0.1) is 6.92 Å². The Hall–Kier alpha value is -2.30. The summed E-state index contributed by atoms with van der Waals surface area (Å²) in [5.74, 6) is 1.17. The van der Waals surface area contributed by atoms with E-state index in [2.05, 4.69) is 9.97 Å². The summed E-state index contributed by atoms with van der Waals surface area (Å²) >= 11 is 0. The molecule has 3 rings (SSSR count). The summed E-state index contributed by atoms with van der Waals surface area (Å²) < 4.78 is 29.3. The third kappa shape index (κ3) is 3.70. The molecular weight excluding hydrogens is 346 g/mol. The monoisotopic (exact) mass is 365 g/mol. The number of nitrogens with two attached hydrogens (primary N) is 1. The molecular formula is C15H19N5O4S. The van der Waals surface area contributed by atoms with Crippen LogP contribution < -0.4 is 14.8 Å². The zero-order valence-corrected chi connectivity index (χ0v) is 14.6. The molecule has 2 N–H and O–H groups in total. The van der Waals surface area contributed by atoms with Crippen LogP contribution in [-0.2, 0) is 15.0 Å². The van der Waals surface area contributed by atoms with E-state index < -0.39 is 10.2 Å². The Morgan fingerprint density at radius 2 is 2.00 bits per heavy atom. The maximum absolute atomic E-state index is 11.6. The summed E-state index contributed by atoms with van der Waals surface area (Å²) in [6.07, 6.45) is 2.09. The molecule has 9 nitrogen and oxygen atoms in total. The molecule has 2 aromatic rings. The quantitative estimate of drug-likeness (QED) is 0.768. The molecule has 1 fully saturated rings. The lowest BCUT2D eigenvalue weighted by atomic mass is 10.1. The van der Waals surface area contributed by atoms with Crippen LogP contribution in [0.2, 0.25) is 0 Å². The Morgan fingerprint density at radius 3 is 2.72 bits per heavy atom. The Bertz CT molecular complexity index is 902. The molecule has 134 valence electrons. The number of benzene rings is 1. The van der Waals surface area contributed by atoms with Crippen molar-refractivity contribution < 1.29 is 17.9 Å². The maximum atomic E-state index is 11.6. The van der Waals surface area contributed by atoms with E-state index in [4.69, 9.17) is 9.88 Å². The van der Waals surface area contributed by atoms with Crippen molar-refractivity contribution >= 4 is 33.4 Å². The molecule has 0 radical (unpaired) electrons. The van der Waals surface area contributed by atoms with Crippen molar-refractivity contribution in [2.24, 2.45) is 5.14 Å². The molecule has 10 heteroatoms. The molecule has 1 aromatic carbocycles. The van der Waals surface area contributed by atoms with Crippen LogP contribution in [0.5, 0.6) is 5.75 Å². The van der Waals surface area contributed by atoms with Crippen molar-refractivity contribution in [1.29, 1.82) is 0 Å². The van der Waals surface area contributed by atoms with Crippen LogP contribution in [0.15, 0.2) is 18.5 Å². The fraction of sp³-hybridized carbons (Fsp3) is 0.400. The Kier molecular flexibility index (Phi) is 4.84. The van der Waals surface area contributed by atoms with E-state index >= 15 is 0 Å². The van der Waals surface area contributed by atoms with E-state index in [0.717, 1.165) is 16.8 Å². The molecule has 0 aliphatic carbocycles. The highest BCUT2D eigenvalue weighted by atomic mass is 32.2. The molecule has 25 heavy (non-hydrogen) atoms. The van der Waals surface area contributed by atoms with E-state index in [1.807, 2.05) is 17.9 Å². The minimum Gasteiger partial charge on any atom is -0.428 e. The molecule has 0 saturated carbocycles. The highest BCUT2D eigenvalue weighted by molar-refractivity contribution is 7.86. The van der Waals surface area contributed by atoms with Crippen molar-refractivity contribution in [3.05, 3.63) is 24.0 Å². The normalized spacial score (nSPS) is 16.6. The van der Waals surface area contributed by atoms with Gasteiger partial charge < -0.3 is 9.64 Å². The van der Waals surface area contributed by atoms with Crippen LogP contribution in [0.1, 0.15) is 12.0 Å². The first-order chi connectivity index (χ1) is 11.9. The predicted molar refractivity (Wildman–Crippen MR) is 92.5 cm³/mol. The van der Waals surface area contributed by atoms with Crippen molar-refractivity contribution in [3.63, 3.8) is 0 Å². The molecule has 2 heterocycles. The standard InChI is InChI=1S/C15H19N5O4S/c1-11-7-12-13(8-14(11)24-10-21)17-9-18-15(12)19-3-2-4-20(6-5-19)25(16,22)23/h7-10H,2-6H2,1H3,(H2,16,22,23). The average Bonchev–Trinajstić information content (AvgIpc) is 2.81. The number of hydrogen-bond acceptors (Lipinski definition) is 7. The maximum Gasteiger partial charge on any atom is 0.298 e. The number of carbonyl (C=O) groups is 1. The number of hydrogen-bond donors (Lipinski definition) is 1. The van der Waals surface area contributed by atoms with Crippen LogP contribution in [0.25, 0.3) is 10.9 Å². The minimum absolute atomic E-state index is 0.301. The molecule has 0 spiro atoms. The predicted octanol–water partition coefficient (Wildman–Crippen LogP) is 0.189. The average molecular weight is 365 g/mol. The van der Waals surface area contributed by atoms with Gasteiger partial charge in [0.25, 0.3) is 16.7 Å². The fourth-order valence-electron chi connectivity index (χ4n) is 2.97. The Morgan fingerprint density at radius 1 is 1.20 bits per heavy atom. The van der Waals surface area contributed by atoms with Gasteiger partial charge in [0.1, 0.15) is 17.9 Å². The van der Waals surface area contributed by atoms with Gasteiger partial charge in [0.05, 0.1) is 5.52 Å². The molecule has 1 aromatic heterocycles. The SMILES string of the molecule is Cc1cc2c(N3CCCN(S(N)(=O)=O)CC3)ncnc2cc1OC=O. The third-order valence-electron chi connectivity index (χ3n) is 4.20. The van der Waals surface area contributed by atoms with Gasteiger partial charge in [-0.3, -0.25) is 4.79 Å². The number of nitrogens with zero attached hydrogens (tertiary/aromatic N) is 4. The smallest absolute Gasteiger partial charge is 0.298 e. The first-order valence-electron chi connectivity index (χ1n) is 7.78. The van der Waals surface area contributed by atoms with E-state index in [9.17, 15) is 13.2 Å². The summed E-state index contributed by atoms with van der Waals surface area (Å²) in [5.41, 5.74) is 1.44. The zero-order valence-electron chi connectivity index (χ0n) is 13.8. The van der Waals surface area contributed by atoms with E-state index in [-0.39, 0.29) is 0 Å². The van der Waals surface area contributed by atoms with E-state index in [0.29, 0.717) is 50.3 Å². The molecule has 0 bridgehead atoms. The lowest BCUT2D eigenvalue weighted by Gasteiger charge is -2.23. The van der Waals surface area contributed by atoms with Crippen LogP contribution in [0.4, 0.5) is 5.82 Å². The number of fused-ring (bicyclic) bond motifs is 1. The van der Waals surface area contributed by atoms with Crippen LogP contribution in [0.3, 0.4) is 0 Å². The van der Waals surface area contributed by atoms with Gasteiger partial charge in [0, 0.05) is 37.6 Å². The van der Waals surface area contributed by atoms with Crippen molar-refractivity contribution in [1.82, 2.24) is 14.3 Å². The molecule has 0 amide bonds. The molecule has 1 aliphatic heterocycles. The van der Waals surface area contributed by atoms with Crippen molar-refractivity contribution in [2.45, 2.75) is 13.3 Å². The van der Waals surface area contributed by atoms with Crippen molar-refractivity contribution in [2.75, 3.05) is 31.1 Å². The number of aromatic nitrogens is 2. The fourth-order valence-corrected chi connectivity index (χ4v) is 3.69. The van der Waals surface area contributed by atoms with Gasteiger partial charge >= 0.3 is 0 Å². The highest BCUT2D eigenvalue weighted by Gasteiger charge is 2.23. The second-order valence-corrected chi connectivity index (χ2v) is 7.38. The molecule has 0 atom stereocenters. The van der Waals surface area contributed by atoms with Gasteiger partial charge in [-0.2, -0.15) is 12.7 Å². The first-order valence-corrected chi connectivity index (χ1v) is 9.29. The van der Waals surface area contributed by atoms with Gasteiger partial charge in [-0.25, -0.2) is 15.1 Å². The largest absolute Gasteiger partial charge is 0.428 e. The zero-order chi connectivity index (χ0) is 18.0. The number of anilines is 1. The second-order valence-electron chi connectivity index (χ2n) is 5.83. The third-order valence-corrected chi connectivity index (χ3v) is 5.29. The van der Waals surface area contributed by atoms with Gasteiger partial charge in [-0.15, -0.1) is 0 Å². The molecule has 1 aliphatic rings. The van der Waals surface area contributed by atoms with E-state index in [1.165, 1.54) is 10.6 Å². The topological polar surface area (TPSA) is 119 Å². The first kappa shape index (κ1) is 17.5. The molecule has 1 saturated heterocycles. The Balaban J connectivity index is 1.96. The lowest BCUT2D eigenvalue weighted by molar-refractivity contribution is -0.120. The second kappa shape index (κ2) is 6.90. The van der Waals surface area contributed by atoms with Crippen LogP contribution >= 0.6 is 0 Å². The number of aryl methyl sites for hydroxylation is 1. The Labute approximate surface area is 145 Å². The van der Waals surface area contributed by atoms with Gasteiger partial charge in [-0.1, -0.05) is 0 Å². The summed E-state index contributed by atoms with van der Waals surface area (Å²) in [4.78, 5) is 21.2. The van der Waals surface area contributed by atoms with Crippen LogP contribution in [-0.4, -0.2) is 55.3 Å². The number of carbonyl (C=O) groups excluding carboxylic acids is 1. The number of ether oxygens (including phenoxy) is 1. The van der Waals surface area contributed by atoms with Gasteiger partial charge in [0.2, 0.25) is 0 Å². The summed E-state index contributed by atoms with van der Waals surface area (Å²) in [5, 5.41) is 6.05. The lowest BCUT2D eigenvalue weighted by Crippen LogP contribution is -2.39. The van der Waals surface area contributed by atoms with Gasteiger partial charge in [0.15, 0.2) is 0 Å². The summed E-state index contributed by atoms with van der Waals surface area (Å²) in [7, 11) is -3.69.